The van der Waals surface area contributed by atoms with Crippen molar-refractivity contribution in [3.05, 3.63) is 23.8 Å². The summed E-state index contributed by atoms with van der Waals surface area (Å²) >= 11 is 0. The van der Waals surface area contributed by atoms with E-state index in [9.17, 15) is 14.7 Å². The van der Waals surface area contributed by atoms with Crippen molar-refractivity contribution in [2.24, 2.45) is 0 Å². The monoisotopic (exact) mass is 268 g/mol. The molecule has 0 aromatic carbocycles. The smallest absolute Gasteiger partial charge is 0.328 e. The zero-order chi connectivity index (χ0) is 14.4. The number of urea groups is 1. The van der Waals surface area contributed by atoms with Gasteiger partial charge in [-0.25, -0.2) is 9.59 Å². The summed E-state index contributed by atoms with van der Waals surface area (Å²) in [7, 11) is 0. The second kappa shape index (κ2) is 6.64. The molecule has 2 atom stereocenters. The van der Waals surface area contributed by atoms with E-state index in [0.29, 0.717) is 5.69 Å². The minimum Gasteiger partial charge on any atom is -0.480 e. The first-order chi connectivity index (χ1) is 8.90. The minimum atomic E-state index is -1.36. The average molecular weight is 268 g/mol. The van der Waals surface area contributed by atoms with Crippen LogP contribution in [0.2, 0.25) is 0 Å². The van der Waals surface area contributed by atoms with Crippen molar-refractivity contribution < 1.29 is 19.8 Å². The molecule has 2 unspecified atom stereocenters. The highest BCUT2D eigenvalue weighted by Crippen LogP contribution is 1.95. The van der Waals surface area contributed by atoms with Crippen LogP contribution in [-0.2, 0) is 11.3 Å². The molecule has 4 N–H and O–H groups in total. The standard InChI is InChI=1S/C11H16N4O4/c1-6-3-13-8(4-12-6)5-14-11(19)15-9(7(2)16)10(17)18/h3-4,7,9,16H,5H2,1-2H3,(H,17,18)(H2,14,15,19). The molecule has 0 aliphatic carbocycles. The van der Waals surface area contributed by atoms with E-state index in [2.05, 4.69) is 20.6 Å². The summed E-state index contributed by atoms with van der Waals surface area (Å²) in [5.41, 5.74) is 1.30. The summed E-state index contributed by atoms with van der Waals surface area (Å²) in [6, 6.07) is -2.06. The van der Waals surface area contributed by atoms with Crippen LogP contribution >= 0.6 is 0 Å². The molecule has 0 bridgehead atoms. The number of nitrogens with zero attached hydrogens (tertiary/aromatic N) is 2. The molecule has 1 aromatic heterocycles. The lowest BCUT2D eigenvalue weighted by Gasteiger charge is -2.17. The summed E-state index contributed by atoms with van der Waals surface area (Å²) in [5.74, 6) is -1.31. The molecular weight excluding hydrogens is 252 g/mol. The van der Waals surface area contributed by atoms with E-state index in [-0.39, 0.29) is 6.54 Å². The molecule has 104 valence electrons. The zero-order valence-electron chi connectivity index (χ0n) is 10.6. The molecule has 0 saturated heterocycles. The second-order valence-corrected chi connectivity index (χ2v) is 4.03. The Morgan fingerprint density at radius 3 is 2.53 bits per heavy atom. The third-order valence-electron chi connectivity index (χ3n) is 2.30. The van der Waals surface area contributed by atoms with Gasteiger partial charge in [0.2, 0.25) is 0 Å². The molecule has 1 rings (SSSR count). The van der Waals surface area contributed by atoms with E-state index in [0.717, 1.165) is 5.69 Å². The number of carbonyl (C=O) groups is 2. The summed E-state index contributed by atoms with van der Waals surface area (Å²) in [4.78, 5) is 30.3. The van der Waals surface area contributed by atoms with Gasteiger partial charge in [0.05, 0.1) is 30.2 Å². The Balaban J connectivity index is 2.47. The van der Waals surface area contributed by atoms with Crippen LogP contribution in [0.25, 0.3) is 0 Å². The average Bonchev–Trinajstić information content (AvgIpc) is 2.34. The van der Waals surface area contributed by atoms with Crippen molar-refractivity contribution in [1.82, 2.24) is 20.6 Å². The molecule has 19 heavy (non-hydrogen) atoms. The zero-order valence-corrected chi connectivity index (χ0v) is 10.6. The van der Waals surface area contributed by atoms with Crippen LogP contribution in [0.1, 0.15) is 18.3 Å². The molecule has 0 fully saturated rings. The number of aryl methyl sites for hydroxylation is 1. The molecule has 8 nitrogen and oxygen atoms in total. The first-order valence-corrected chi connectivity index (χ1v) is 5.63. The molecule has 1 heterocycles. The maximum absolute atomic E-state index is 11.5. The van der Waals surface area contributed by atoms with E-state index in [1.165, 1.54) is 13.1 Å². The molecule has 0 radical (unpaired) electrons. The van der Waals surface area contributed by atoms with Gasteiger partial charge in [0, 0.05) is 6.20 Å². The Bertz CT molecular complexity index is 447. The predicted molar refractivity (Wildman–Crippen MR) is 65.2 cm³/mol. The number of nitrogens with one attached hydrogen (secondary N) is 2. The third-order valence-corrected chi connectivity index (χ3v) is 2.30. The SMILES string of the molecule is Cc1cnc(CNC(=O)NC(C(=O)O)C(C)O)cn1. The van der Waals surface area contributed by atoms with Gasteiger partial charge in [0.1, 0.15) is 0 Å². The third kappa shape index (κ3) is 4.88. The van der Waals surface area contributed by atoms with Gasteiger partial charge in [-0.15, -0.1) is 0 Å². The number of aromatic nitrogens is 2. The molecule has 1 aromatic rings. The minimum absolute atomic E-state index is 0.116. The van der Waals surface area contributed by atoms with E-state index < -0.39 is 24.1 Å². The number of hydrogen-bond donors (Lipinski definition) is 4. The number of aliphatic hydroxyl groups is 1. The Kier molecular flexibility index (Phi) is 5.19. The summed E-state index contributed by atoms with van der Waals surface area (Å²) < 4.78 is 0. The Morgan fingerprint density at radius 1 is 1.37 bits per heavy atom. The van der Waals surface area contributed by atoms with Crippen LogP contribution in [0.3, 0.4) is 0 Å². The fourth-order valence-corrected chi connectivity index (χ4v) is 1.26. The number of carbonyl (C=O) groups excluding carboxylic acids is 1. The lowest BCUT2D eigenvalue weighted by atomic mass is 10.2. The molecule has 0 aliphatic heterocycles. The Labute approximate surface area is 109 Å². The molecule has 0 spiro atoms. The van der Waals surface area contributed by atoms with Crippen molar-refractivity contribution in [1.29, 1.82) is 0 Å². The molecule has 0 aliphatic rings. The van der Waals surface area contributed by atoms with Gasteiger partial charge in [-0.3, -0.25) is 9.97 Å². The lowest BCUT2D eigenvalue weighted by Crippen LogP contribution is -2.51. The summed E-state index contributed by atoms with van der Waals surface area (Å²) in [5, 5.41) is 22.6. The number of hydrogen-bond acceptors (Lipinski definition) is 5. The van der Waals surface area contributed by atoms with Gasteiger partial charge in [-0.2, -0.15) is 0 Å². The van der Waals surface area contributed by atoms with Gasteiger partial charge >= 0.3 is 12.0 Å². The van der Waals surface area contributed by atoms with Crippen LogP contribution in [0.15, 0.2) is 12.4 Å². The van der Waals surface area contributed by atoms with E-state index in [4.69, 9.17) is 5.11 Å². The van der Waals surface area contributed by atoms with Crippen LogP contribution in [-0.4, -0.2) is 44.3 Å². The fourth-order valence-electron chi connectivity index (χ4n) is 1.26. The van der Waals surface area contributed by atoms with Gasteiger partial charge < -0.3 is 20.8 Å². The predicted octanol–water partition coefficient (Wildman–Crippen LogP) is -0.582. The maximum atomic E-state index is 11.5. The molecular formula is C11H16N4O4. The van der Waals surface area contributed by atoms with E-state index >= 15 is 0 Å². The molecule has 8 heteroatoms. The topological polar surface area (TPSA) is 124 Å². The molecule has 0 saturated carbocycles. The van der Waals surface area contributed by atoms with Crippen molar-refractivity contribution in [3.63, 3.8) is 0 Å². The normalized spacial score (nSPS) is 13.4. The van der Waals surface area contributed by atoms with E-state index in [1.54, 1.807) is 13.1 Å². The van der Waals surface area contributed by atoms with Crippen LogP contribution < -0.4 is 10.6 Å². The highest BCUT2D eigenvalue weighted by Gasteiger charge is 2.24. The largest absolute Gasteiger partial charge is 0.480 e. The van der Waals surface area contributed by atoms with Crippen LogP contribution in [0.4, 0.5) is 4.79 Å². The second-order valence-electron chi connectivity index (χ2n) is 4.03. The summed E-state index contributed by atoms with van der Waals surface area (Å²) in [6.45, 7) is 3.19. The van der Waals surface area contributed by atoms with Crippen LogP contribution in [0, 0.1) is 6.92 Å². The first kappa shape index (κ1) is 14.8. The Morgan fingerprint density at radius 2 is 2.05 bits per heavy atom. The van der Waals surface area contributed by atoms with Gasteiger partial charge in [-0.05, 0) is 13.8 Å². The number of aliphatic carboxylic acids is 1. The van der Waals surface area contributed by atoms with Crippen molar-refractivity contribution in [3.8, 4) is 0 Å². The summed E-state index contributed by atoms with van der Waals surface area (Å²) in [6.07, 6.45) is 1.88. The highest BCUT2D eigenvalue weighted by molar-refractivity contribution is 5.82. The number of carboxylic acids is 1. The number of aliphatic hydroxyl groups excluding tert-OH is 1. The molecule has 2 amide bonds. The van der Waals surface area contributed by atoms with E-state index in [1.807, 2.05) is 0 Å². The quantitative estimate of drug-likeness (QED) is 0.566. The first-order valence-electron chi connectivity index (χ1n) is 5.63. The van der Waals surface area contributed by atoms with Gasteiger partial charge in [-0.1, -0.05) is 0 Å². The highest BCUT2D eigenvalue weighted by atomic mass is 16.4. The van der Waals surface area contributed by atoms with Gasteiger partial charge in [0.25, 0.3) is 0 Å². The van der Waals surface area contributed by atoms with Gasteiger partial charge in [0.15, 0.2) is 6.04 Å². The van der Waals surface area contributed by atoms with Crippen molar-refractivity contribution in [2.45, 2.75) is 32.5 Å². The maximum Gasteiger partial charge on any atom is 0.328 e. The Hall–Kier alpha value is -2.22. The van der Waals surface area contributed by atoms with Crippen molar-refractivity contribution in [2.75, 3.05) is 0 Å². The number of carboxylic acid groups (broad SMARTS) is 1. The van der Waals surface area contributed by atoms with Crippen LogP contribution in [0.5, 0.6) is 0 Å². The number of amides is 2. The fraction of sp³-hybridized carbons (Fsp3) is 0.455. The number of rotatable bonds is 5. The van der Waals surface area contributed by atoms with Crippen molar-refractivity contribution >= 4 is 12.0 Å². The lowest BCUT2D eigenvalue weighted by molar-refractivity contribution is -0.141.